The van der Waals surface area contributed by atoms with Crippen LogP contribution in [0.2, 0.25) is 10.0 Å². The lowest BCUT2D eigenvalue weighted by atomic mass is 9.95. The summed E-state index contributed by atoms with van der Waals surface area (Å²) in [5, 5.41) is 3.92. The van der Waals surface area contributed by atoms with Gasteiger partial charge in [0.05, 0.1) is 16.5 Å². The first-order valence-corrected chi connectivity index (χ1v) is 11.4. The Morgan fingerprint density at radius 2 is 1.68 bits per heavy atom. The number of rotatable bonds is 7. The predicted octanol–water partition coefficient (Wildman–Crippen LogP) is 5.54. The van der Waals surface area contributed by atoms with Gasteiger partial charge in [-0.1, -0.05) is 60.7 Å². The highest BCUT2D eigenvalue weighted by Gasteiger charge is 2.28. The van der Waals surface area contributed by atoms with Gasteiger partial charge >= 0.3 is 0 Å². The van der Waals surface area contributed by atoms with Crippen molar-refractivity contribution < 1.29 is 14.0 Å². The van der Waals surface area contributed by atoms with Crippen LogP contribution < -0.4 is 5.32 Å². The van der Waals surface area contributed by atoms with Crippen LogP contribution >= 0.6 is 23.2 Å². The zero-order chi connectivity index (χ0) is 22.4. The minimum absolute atomic E-state index is 0.0721. The molecule has 1 N–H and O–H groups in total. The summed E-state index contributed by atoms with van der Waals surface area (Å²) in [4.78, 5) is 27.7. The van der Waals surface area contributed by atoms with Crippen LogP contribution in [-0.4, -0.2) is 28.8 Å². The van der Waals surface area contributed by atoms with Crippen LogP contribution in [0.5, 0.6) is 0 Å². The third kappa shape index (κ3) is 6.68. The molecule has 1 fully saturated rings. The van der Waals surface area contributed by atoms with Gasteiger partial charge in [-0.25, -0.2) is 4.39 Å². The van der Waals surface area contributed by atoms with Gasteiger partial charge < -0.3 is 10.2 Å². The molecule has 0 unspecified atom stereocenters. The van der Waals surface area contributed by atoms with E-state index < -0.39 is 6.04 Å². The molecule has 2 aromatic rings. The summed E-state index contributed by atoms with van der Waals surface area (Å²) in [6.07, 6.45) is 5.42. The molecule has 1 atom stereocenters. The number of benzene rings is 2. The van der Waals surface area contributed by atoms with E-state index in [4.69, 9.17) is 23.2 Å². The van der Waals surface area contributed by atoms with Gasteiger partial charge in [0, 0.05) is 12.6 Å². The van der Waals surface area contributed by atoms with E-state index in [1.165, 1.54) is 18.6 Å². The number of amides is 2. The average molecular weight is 465 g/mol. The fourth-order valence-corrected chi connectivity index (χ4v) is 4.19. The largest absolute Gasteiger partial charge is 0.352 e. The van der Waals surface area contributed by atoms with Crippen LogP contribution in [0.4, 0.5) is 4.39 Å². The predicted molar refractivity (Wildman–Crippen MR) is 122 cm³/mol. The topological polar surface area (TPSA) is 49.4 Å². The Balaban J connectivity index is 1.77. The molecule has 0 radical (unpaired) electrons. The first-order chi connectivity index (χ1) is 14.8. The molecule has 1 aliphatic carbocycles. The molecule has 7 heteroatoms. The fourth-order valence-electron chi connectivity index (χ4n) is 3.86. The molecule has 0 heterocycles. The van der Waals surface area contributed by atoms with Crippen LogP contribution in [0.1, 0.15) is 50.2 Å². The van der Waals surface area contributed by atoms with E-state index in [1.807, 2.05) is 0 Å². The summed E-state index contributed by atoms with van der Waals surface area (Å²) in [5.74, 6) is -0.743. The lowest BCUT2D eigenvalue weighted by Gasteiger charge is -2.31. The van der Waals surface area contributed by atoms with E-state index in [0.29, 0.717) is 15.6 Å². The van der Waals surface area contributed by atoms with Crippen molar-refractivity contribution in [3.8, 4) is 0 Å². The van der Waals surface area contributed by atoms with Crippen molar-refractivity contribution in [3.63, 3.8) is 0 Å². The Labute approximate surface area is 192 Å². The molecular weight excluding hydrogens is 438 g/mol. The normalized spacial score (nSPS) is 15.4. The second-order valence-electron chi connectivity index (χ2n) is 8.09. The molecule has 31 heavy (non-hydrogen) atoms. The van der Waals surface area contributed by atoms with E-state index in [9.17, 15) is 14.0 Å². The van der Waals surface area contributed by atoms with Gasteiger partial charge in [0.25, 0.3) is 0 Å². The van der Waals surface area contributed by atoms with Gasteiger partial charge in [0.1, 0.15) is 11.9 Å². The summed E-state index contributed by atoms with van der Waals surface area (Å²) in [5.41, 5.74) is 1.46. The Hall–Kier alpha value is -2.11. The Morgan fingerprint density at radius 1 is 1.03 bits per heavy atom. The van der Waals surface area contributed by atoms with E-state index in [1.54, 1.807) is 42.2 Å². The third-order valence-corrected chi connectivity index (χ3v) is 6.46. The third-order valence-electron chi connectivity index (χ3n) is 5.72. The molecule has 0 aromatic heterocycles. The number of halogens is 3. The highest BCUT2D eigenvalue weighted by molar-refractivity contribution is 6.42. The van der Waals surface area contributed by atoms with Crippen molar-refractivity contribution in [3.05, 3.63) is 69.5 Å². The van der Waals surface area contributed by atoms with E-state index in [2.05, 4.69) is 5.32 Å². The molecule has 1 aliphatic rings. The quantitative estimate of drug-likeness (QED) is 0.584. The zero-order valence-electron chi connectivity index (χ0n) is 17.5. The summed E-state index contributed by atoms with van der Waals surface area (Å²) in [6.45, 7) is 1.95. The van der Waals surface area contributed by atoms with Gasteiger partial charge in [-0.3, -0.25) is 9.59 Å². The van der Waals surface area contributed by atoms with Crippen LogP contribution in [0.3, 0.4) is 0 Å². The van der Waals surface area contributed by atoms with Crippen molar-refractivity contribution in [2.75, 3.05) is 0 Å². The zero-order valence-corrected chi connectivity index (χ0v) is 19.1. The Morgan fingerprint density at radius 3 is 2.32 bits per heavy atom. The Kier molecular flexibility index (Phi) is 8.33. The minimum Gasteiger partial charge on any atom is -0.352 e. The van der Waals surface area contributed by atoms with Crippen molar-refractivity contribution in [1.82, 2.24) is 10.2 Å². The number of nitrogens with zero attached hydrogens (tertiary/aromatic N) is 1. The number of hydrogen-bond donors (Lipinski definition) is 1. The maximum Gasteiger partial charge on any atom is 0.242 e. The lowest BCUT2D eigenvalue weighted by Crippen LogP contribution is -2.50. The molecule has 0 aliphatic heterocycles. The van der Waals surface area contributed by atoms with Gasteiger partial charge in [-0.2, -0.15) is 0 Å². The molecule has 0 saturated heterocycles. The molecule has 3 rings (SSSR count). The van der Waals surface area contributed by atoms with E-state index in [-0.39, 0.29) is 36.6 Å². The number of hydrogen-bond acceptors (Lipinski definition) is 2. The van der Waals surface area contributed by atoms with Gasteiger partial charge in [-0.15, -0.1) is 0 Å². The average Bonchev–Trinajstić information content (AvgIpc) is 2.76. The maximum atomic E-state index is 13.2. The highest BCUT2D eigenvalue weighted by atomic mass is 35.5. The minimum atomic E-state index is -0.663. The summed E-state index contributed by atoms with van der Waals surface area (Å²) >= 11 is 12.2. The monoisotopic (exact) mass is 464 g/mol. The maximum absolute atomic E-state index is 13.2. The van der Waals surface area contributed by atoms with Crippen molar-refractivity contribution in [2.24, 2.45) is 0 Å². The van der Waals surface area contributed by atoms with Crippen molar-refractivity contribution in [2.45, 2.75) is 64.1 Å². The van der Waals surface area contributed by atoms with Gasteiger partial charge in [0.2, 0.25) is 11.8 Å². The number of carbonyl (C=O) groups is 2. The number of carbonyl (C=O) groups excluding carboxylic acids is 2. The summed E-state index contributed by atoms with van der Waals surface area (Å²) < 4.78 is 13.2. The molecule has 0 bridgehead atoms. The first-order valence-electron chi connectivity index (χ1n) is 10.6. The number of nitrogens with one attached hydrogen (secondary N) is 1. The van der Waals surface area contributed by atoms with E-state index >= 15 is 0 Å². The standard InChI is InChI=1S/C24H27Cl2FN2O2/c1-16(24(31)28-20-5-3-2-4-6-20)29(15-18-9-12-21(25)22(26)13-18)23(30)14-17-7-10-19(27)11-8-17/h7-13,16,20H,2-6,14-15H2,1H3,(H,28,31)/t16-/m0/s1. The van der Waals surface area contributed by atoms with Crippen molar-refractivity contribution >= 4 is 35.0 Å². The first kappa shape index (κ1) is 23.6. The second-order valence-corrected chi connectivity index (χ2v) is 8.91. The molecule has 2 amide bonds. The highest BCUT2D eigenvalue weighted by Crippen LogP contribution is 2.24. The molecular formula is C24H27Cl2FN2O2. The second kappa shape index (κ2) is 11.0. The van der Waals surface area contributed by atoms with Crippen LogP contribution in [0, 0.1) is 5.82 Å². The van der Waals surface area contributed by atoms with Crippen LogP contribution in [-0.2, 0) is 22.6 Å². The smallest absolute Gasteiger partial charge is 0.242 e. The lowest BCUT2D eigenvalue weighted by molar-refractivity contribution is -0.140. The van der Waals surface area contributed by atoms with Gasteiger partial charge in [-0.05, 0) is 55.2 Å². The summed E-state index contributed by atoms with van der Waals surface area (Å²) in [6, 6.07) is 10.5. The summed E-state index contributed by atoms with van der Waals surface area (Å²) in [7, 11) is 0. The molecule has 4 nitrogen and oxygen atoms in total. The SMILES string of the molecule is C[C@@H](C(=O)NC1CCCCC1)N(Cc1ccc(Cl)c(Cl)c1)C(=O)Cc1ccc(F)cc1. The molecule has 2 aromatic carbocycles. The van der Waals surface area contributed by atoms with Crippen LogP contribution in [0.15, 0.2) is 42.5 Å². The van der Waals surface area contributed by atoms with E-state index in [0.717, 1.165) is 31.2 Å². The van der Waals surface area contributed by atoms with Crippen molar-refractivity contribution in [1.29, 1.82) is 0 Å². The Bertz CT molecular complexity index is 914. The molecule has 0 spiro atoms. The van der Waals surface area contributed by atoms with Gasteiger partial charge in [0.15, 0.2) is 0 Å². The fraction of sp³-hybridized carbons (Fsp3) is 0.417. The molecule has 166 valence electrons. The molecule has 1 saturated carbocycles. The van der Waals surface area contributed by atoms with Crippen LogP contribution in [0.25, 0.3) is 0 Å².